The van der Waals surface area contributed by atoms with Gasteiger partial charge in [-0.3, -0.25) is 0 Å². The molecule has 102 valence electrons. The second kappa shape index (κ2) is 5.55. The molecule has 3 aliphatic rings. The zero-order chi connectivity index (χ0) is 12.4. The minimum Gasteiger partial charge on any atom is -0.461 e. The molecule has 5 nitrogen and oxygen atoms in total. The van der Waals surface area contributed by atoms with Gasteiger partial charge in [0.25, 0.3) is 0 Å². The second-order valence-corrected chi connectivity index (χ2v) is 5.59. The van der Waals surface area contributed by atoms with Crippen molar-refractivity contribution < 1.29 is 23.9 Å². The molecule has 3 unspecified atom stereocenters. The summed E-state index contributed by atoms with van der Waals surface area (Å²) in [4.78, 5) is 13.0. The first-order chi connectivity index (χ1) is 8.81. The fourth-order valence-electron chi connectivity index (χ4n) is 3.21. The van der Waals surface area contributed by atoms with E-state index in [-0.39, 0.29) is 5.97 Å². The maximum atomic E-state index is 11.7. The van der Waals surface area contributed by atoms with Gasteiger partial charge in [-0.25, -0.2) is 4.79 Å². The third-order valence-electron chi connectivity index (χ3n) is 4.28. The van der Waals surface area contributed by atoms with Gasteiger partial charge in [-0.15, -0.1) is 0 Å². The van der Waals surface area contributed by atoms with Crippen LogP contribution in [0.3, 0.4) is 0 Å². The van der Waals surface area contributed by atoms with Crippen LogP contribution in [0.4, 0.5) is 0 Å². The van der Waals surface area contributed by atoms with Crippen LogP contribution in [0.25, 0.3) is 0 Å². The molecule has 3 saturated heterocycles. The van der Waals surface area contributed by atoms with Crippen LogP contribution in [0.2, 0.25) is 0 Å². The van der Waals surface area contributed by atoms with E-state index in [2.05, 4.69) is 0 Å². The van der Waals surface area contributed by atoms with Gasteiger partial charge < -0.3 is 19.1 Å². The average Bonchev–Trinajstić information content (AvgIpc) is 3.00. The topological polar surface area (TPSA) is 49.2 Å². The average molecular weight is 256 g/mol. The minimum atomic E-state index is -0.0744. The standard InChI is InChI=1S/C13H21NO4/c15-13(8-14-3-5-16-6-4-14)17-9-10-7-11-1-2-12(10)18-11/h10-12H,1-9H2/p+1. The van der Waals surface area contributed by atoms with E-state index < -0.39 is 0 Å². The molecule has 0 radical (unpaired) electrons. The number of hydrogen-bond donors (Lipinski definition) is 1. The lowest BCUT2D eigenvalue weighted by Gasteiger charge is -2.23. The molecule has 3 atom stereocenters. The van der Waals surface area contributed by atoms with Gasteiger partial charge in [0.2, 0.25) is 0 Å². The Bertz CT molecular complexity index is 303. The van der Waals surface area contributed by atoms with E-state index in [9.17, 15) is 4.79 Å². The smallest absolute Gasteiger partial charge is 0.361 e. The van der Waals surface area contributed by atoms with Crippen LogP contribution >= 0.6 is 0 Å². The molecule has 0 amide bonds. The van der Waals surface area contributed by atoms with Crippen LogP contribution in [0, 0.1) is 5.92 Å². The van der Waals surface area contributed by atoms with Gasteiger partial charge in [-0.2, -0.15) is 0 Å². The van der Waals surface area contributed by atoms with Crippen molar-refractivity contribution in [3.63, 3.8) is 0 Å². The van der Waals surface area contributed by atoms with Crippen LogP contribution in [0.5, 0.6) is 0 Å². The number of fused-ring (bicyclic) bond motifs is 2. The minimum absolute atomic E-state index is 0.0744. The third kappa shape index (κ3) is 2.84. The molecule has 0 aromatic carbocycles. The molecule has 0 aromatic heterocycles. The number of carbonyl (C=O) groups is 1. The quantitative estimate of drug-likeness (QED) is 0.656. The van der Waals surface area contributed by atoms with E-state index in [4.69, 9.17) is 14.2 Å². The molecule has 3 rings (SSSR count). The number of ether oxygens (including phenoxy) is 3. The summed E-state index contributed by atoms with van der Waals surface area (Å²) in [5, 5.41) is 0. The Hall–Kier alpha value is -0.650. The van der Waals surface area contributed by atoms with E-state index in [0.717, 1.165) is 39.1 Å². The zero-order valence-corrected chi connectivity index (χ0v) is 10.7. The summed E-state index contributed by atoms with van der Waals surface area (Å²) < 4.78 is 16.4. The molecule has 3 fully saturated rings. The van der Waals surface area contributed by atoms with Crippen molar-refractivity contribution in [2.45, 2.75) is 31.5 Å². The summed E-state index contributed by atoms with van der Waals surface area (Å²) >= 11 is 0. The molecule has 0 saturated carbocycles. The van der Waals surface area contributed by atoms with Gasteiger partial charge in [-0.1, -0.05) is 0 Å². The SMILES string of the molecule is O=C(C[NH+]1CCOCC1)OCC1CC2CCC1O2. The zero-order valence-electron chi connectivity index (χ0n) is 10.7. The number of morpholine rings is 1. The number of rotatable bonds is 4. The molecule has 5 heteroatoms. The van der Waals surface area contributed by atoms with Crippen molar-refractivity contribution in [2.75, 3.05) is 39.5 Å². The van der Waals surface area contributed by atoms with Gasteiger partial charge in [0.05, 0.1) is 32.0 Å². The van der Waals surface area contributed by atoms with Crippen molar-refractivity contribution in [3.05, 3.63) is 0 Å². The first-order valence-electron chi connectivity index (χ1n) is 7.03. The highest BCUT2D eigenvalue weighted by molar-refractivity contribution is 5.70. The van der Waals surface area contributed by atoms with Crippen molar-refractivity contribution in [1.82, 2.24) is 0 Å². The van der Waals surface area contributed by atoms with Crippen LogP contribution in [-0.4, -0.2) is 57.6 Å². The molecule has 3 heterocycles. The fourth-order valence-corrected chi connectivity index (χ4v) is 3.21. The van der Waals surface area contributed by atoms with Crippen LogP contribution in [0.1, 0.15) is 19.3 Å². The Balaban J connectivity index is 1.36. The lowest BCUT2D eigenvalue weighted by Crippen LogP contribution is -3.15. The summed E-state index contributed by atoms with van der Waals surface area (Å²) in [7, 11) is 0. The van der Waals surface area contributed by atoms with Crippen molar-refractivity contribution in [2.24, 2.45) is 5.92 Å². The highest BCUT2D eigenvalue weighted by atomic mass is 16.5. The van der Waals surface area contributed by atoms with Gasteiger partial charge in [0, 0.05) is 5.92 Å². The highest BCUT2D eigenvalue weighted by Crippen LogP contribution is 2.38. The third-order valence-corrected chi connectivity index (χ3v) is 4.28. The molecular formula is C13H22NO4+. The van der Waals surface area contributed by atoms with E-state index in [0.29, 0.717) is 31.3 Å². The van der Waals surface area contributed by atoms with Crippen LogP contribution < -0.4 is 4.90 Å². The second-order valence-electron chi connectivity index (χ2n) is 5.59. The summed E-state index contributed by atoms with van der Waals surface area (Å²) in [6.07, 6.45) is 4.18. The van der Waals surface area contributed by atoms with Gasteiger partial charge in [-0.05, 0) is 19.3 Å². The molecule has 0 spiro atoms. The molecule has 3 aliphatic heterocycles. The molecule has 1 N–H and O–H groups in total. The summed E-state index contributed by atoms with van der Waals surface area (Å²) in [6, 6.07) is 0. The number of nitrogens with one attached hydrogen (secondary N) is 1. The molecule has 0 aromatic rings. The van der Waals surface area contributed by atoms with E-state index >= 15 is 0 Å². The monoisotopic (exact) mass is 256 g/mol. The van der Waals surface area contributed by atoms with Gasteiger partial charge in [0.15, 0.2) is 6.54 Å². The normalized spacial score (nSPS) is 35.9. The Kier molecular flexibility index (Phi) is 3.82. The van der Waals surface area contributed by atoms with Gasteiger partial charge in [0.1, 0.15) is 13.1 Å². The van der Waals surface area contributed by atoms with Crippen molar-refractivity contribution >= 4 is 5.97 Å². The van der Waals surface area contributed by atoms with E-state index in [1.165, 1.54) is 11.3 Å². The van der Waals surface area contributed by atoms with Crippen molar-refractivity contribution in [1.29, 1.82) is 0 Å². The largest absolute Gasteiger partial charge is 0.461 e. The number of hydrogen-bond acceptors (Lipinski definition) is 4. The number of carbonyl (C=O) groups excluding carboxylic acids is 1. The van der Waals surface area contributed by atoms with Crippen LogP contribution in [0.15, 0.2) is 0 Å². The lowest BCUT2D eigenvalue weighted by atomic mass is 9.90. The van der Waals surface area contributed by atoms with E-state index in [1.54, 1.807) is 0 Å². The molecular weight excluding hydrogens is 234 g/mol. The molecule has 18 heavy (non-hydrogen) atoms. The summed E-state index contributed by atoms with van der Waals surface area (Å²) in [5.41, 5.74) is 0. The first-order valence-corrected chi connectivity index (χ1v) is 7.03. The van der Waals surface area contributed by atoms with E-state index in [1.807, 2.05) is 0 Å². The van der Waals surface area contributed by atoms with Crippen molar-refractivity contribution in [3.8, 4) is 0 Å². The first kappa shape index (κ1) is 12.4. The van der Waals surface area contributed by atoms with Crippen LogP contribution in [-0.2, 0) is 19.0 Å². The fraction of sp³-hybridized carbons (Fsp3) is 0.923. The van der Waals surface area contributed by atoms with Gasteiger partial charge >= 0.3 is 5.97 Å². The number of esters is 1. The molecule has 0 aliphatic carbocycles. The maximum Gasteiger partial charge on any atom is 0.361 e. The predicted molar refractivity (Wildman–Crippen MR) is 63.3 cm³/mol. The summed E-state index contributed by atoms with van der Waals surface area (Å²) in [5.74, 6) is 0.363. The Morgan fingerprint density at radius 1 is 1.28 bits per heavy atom. The molecule has 2 bridgehead atoms. The Morgan fingerprint density at radius 2 is 2.11 bits per heavy atom. The lowest BCUT2D eigenvalue weighted by molar-refractivity contribution is -0.900. The highest BCUT2D eigenvalue weighted by Gasteiger charge is 2.41. The Labute approximate surface area is 107 Å². The Morgan fingerprint density at radius 3 is 2.78 bits per heavy atom. The summed E-state index contributed by atoms with van der Waals surface area (Å²) in [6.45, 7) is 4.35. The number of quaternary nitrogens is 1. The maximum absolute atomic E-state index is 11.7. The predicted octanol–water partition coefficient (Wildman–Crippen LogP) is -0.988.